The van der Waals surface area contributed by atoms with Crippen LogP contribution in [-0.2, 0) is 20.8 Å². The first-order valence-corrected chi connectivity index (χ1v) is 11.5. The predicted molar refractivity (Wildman–Crippen MR) is 118 cm³/mol. The Kier molecular flexibility index (Phi) is 6.32. The summed E-state index contributed by atoms with van der Waals surface area (Å²) in [6.07, 6.45) is 2.35. The number of likely N-dealkylation sites (tertiary alicyclic amines) is 2. The van der Waals surface area contributed by atoms with Crippen LogP contribution in [0.15, 0.2) is 30.3 Å². The van der Waals surface area contributed by atoms with Crippen molar-refractivity contribution in [2.24, 2.45) is 17.8 Å². The number of piperidine rings is 2. The second-order valence-corrected chi connectivity index (χ2v) is 9.47. The van der Waals surface area contributed by atoms with Crippen molar-refractivity contribution in [1.29, 1.82) is 0 Å². The summed E-state index contributed by atoms with van der Waals surface area (Å²) in [7, 11) is 1.76. The number of fused-ring (bicyclic) bond motifs is 1. The minimum atomic E-state index is -0.560. The number of nitrogens with one attached hydrogen (secondary N) is 2. The molecule has 4 rings (SSSR count). The molecule has 1 aromatic carbocycles. The molecule has 2 N–H and O–H groups in total. The van der Waals surface area contributed by atoms with Gasteiger partial charge in [-0.05, 0) is 49.6 Å². The van der Waals surface area contributed by atoms with Crippen molar-refractivity contribution in [3.63, 3.8) is 0 Å². The Hall–Kier alpha value is -2.41. The third-order valence-corrected chi connectivity index (χ3v) is 7.46. The Morgan fingerprint density at radius 2 is 1.90 bits per heavy atom. The lowest BCUT2D eigenvalue weighted by atomic mass is 9.84. The van der Waals surface area contributed by atoms with E-state index in [1.807, 2.05) is 30.0 Å². The summed E-state index contributed by atoms with van der Waals surface area (Å²) in [4.78, 5) is 43.0. The standard InChI is InChI=1S/C24H34N4O3/c1-15-13-19(25-3)22(29)26-20(15)23(30)28-14-16(2)18-10-12-27(24(31)21(18)28)11-9-17-7-5-4-6-8-17/h4-8,15-16,18-21,25H,9-14H2,1-3H3,(H,26,29)/t15?,16-,18+,19+,20+,21-/m1/s1. The van der Waals surface area contributed by atoms with Crippen molar-refractivity contribution in [3.8, 4) is 0 Å². The molecule has 0 aromatic heterocycles. The zero-order valence-electron chi connectivity index (χ0n) is 18.7. The second kappa shape index (κ2) is 8.99. The smallest absolute Gasteiger partial charge is 0.246 e. The van der Waals surface area contributed by atoms with Gasteiger partial charge in [0.1, 0.15) is 12.1 Å². The number of likely N-dealkylation sites (N-methyl/N-ethyl adjacent to an activating group) is 1. The fraction of sp³-hybridized carbons (Fsp3) is 0.625. The second-order valence-electron chi connectivity index (χ2n) is 9.47. The van der Waals surface area contributed by atoms with Gasteiger partial charge in [-0.3, -0.25) is 14.4 Å². The van der Waals surface area contributed by atoms with Crippen LogP contribution in [0.1, 0.15) is 32.3 Å². The highest BCUT2D eigenvalue weighted by atomic mass is 16.2. The van der Waals surface area contributed by atoms with Crippen molar-refractivity contribution in [1.82, 2.24) is 20.4 Å². The van der Waals surface area contributed by atoms with Crippen LogP contribution in [0.3, 0.4) is 0 Å². The molecule has 7 heteroatoms. The molecule has 3 aliphatic rings. The molecule has 3 aliphatic heterocycles. The summed E-state index contributed by atoms with van der Waals surface area (Å²) >= 11 is 0. The fourth-order valence-electron chi connectivity index (χ4n) is 5.56. The average Bonchev–Trinajstić information content (AvgIpc) is 3.12. The maximum Gasteiger partial charge on any atom is 0.246 e. The summed E-state index contributed by atoms with van der Waals surface area (Å²) < 4.78 is 0. The highest BCUT2D eigenvalue weighted by Gasteiger charge is 2.51. The fourth-order valence-corrected chi connectivity index (χ4v) is 5.56. The Labute approximate surface area is 184 Å². The van der Waals surface area contributed by atoms with Crippen LogP contribution in [-0.4, -0.2) is 72.3 Å². The van der Waals surface area contributed by atoms with Gasteiger partial charge < -0.3 is 20.4 Å². The van der Waals surface area contributed by atoms with Crippen LogP contribution < -0.4 is 10.6 Å². The molecule has 7 nitrogen and oxygen atoms in total. The Balaban J connectivity index is 1.47. The van der Waals surface area contributed by atoms with Crippen molar-refractivity contribution in [3.05, 3.63) is 35.9 Å². The third-order valence-electron chi connectivity index (χ3n) is 7.46. The summed E-state index contributed by atoms with van der Waals surface area (Å²) in [5.74, 6) is 0.325. The highest BCUT2D eigenvalue weighted by molar-refractivity contribution is 5.95. The van der Waals surface area contributed by atoms with Gasteiger partial charge in [-0.2, -0.15) is 0 Å². The number of rotatable bonds is 5. The van der Waals surface area contributed by atoms with Crippen molar-refractivity contribution >= 4 is 17.7 Å². The van der Waals surface area contributed by atoms with Gasteiger partial charge in [0.2, 0.25) is 17.7 Å². The molecular formula is C24H34N4O3. The number of benzene rings is 1. The quantitative estimate of drug-likeness (QED) is 0.737. The summed E-state index contributed by atoms with van der Waals surface area (Å²) in [5, 5.41) is 5.92. The van der Waals surface area contributed by atoms with Crippen molar-refractivity contribution in [2.45, 2.75) is 51.2 Å². The Bertz CT molecular complexity index is 829. The Morgan fingerprint density at radius 1 is 1.16 bits per heavy atom. The lowest BCUT2D eigenvalue weighted by Gasteiger charge is -2.41. The molecule has 0 radical (unpaired) electrons. The third kappa shape index (κ3) is 4.20. The molecule has 3 amide bonds. The van der Waals surface area contributed by atoms with E-state index in [1.54, 1.807) is 11.9 Å². The van der Waals surface area contributed by atoms with E-state index in [9.17, 15) is 14.4 Å². The van der Waals surface area contributed by atoms with Gasteiger partial charge in [-0.25, -0.2) is 0 Å². The number of carbonyl (C=O) groups is 3. The van der Waals surface area contributed by atoms with Gasteiger partial charge in [0.15, 0.2) is 0 Å². The molecular weight excluding hydrogens is 392 g/mol. The molecule has 0 aliphatic carbocycles. The summed E-state index contributed by atoms with van der Waals surface area (Å²) in [5.41, 5.74) is 1.21. The van der Waals surface area contributed by atoms with Gasteiger partial charge >= 0.3 is 0 Å². The monoisotopic (exact) mass is 426 g/mol. The maximum absolute atomic E-state index is 13.5. The largest absolute Gasteiger partial charge is 0.343 e. The molecule has 0 saturated carbocycles. The first kappa shape index (κ1) is 21.8. The maximum atomic E-state index is 13.5. The van der Waals surface area contributed by atoms with E-state index in [0.717, 1.165) is 19.4 Å². The lowest BCUT2D eigenvalue weighted by Crippen LogP contribution is -2.63. The van der Waals surface area contributed by atoms with E-state index in [2.05, 4.69) is 29.7 Å². The van der Waals surface area contributed by atoms with Crippen LogP contribution in [0.5, 0.6) is 0 Å². The first-order chi connectivity index (χ1) is 14.9. The van der Waals surface area contributed by atoms with Crippen molar-refractivity contribution in [2.75, 3.05) is 26.7 Å². The minimum Gasteiger partial charge on any atom is -0.343 e. The number of carbonyl (C=O) groups excluding carboxylic acids is 3. The molecule has 0 bridgehead atoms. The summed E-state index contributed by atoms with van der Waals surface area (Å²) in [6, 6.07) is 8.95. The van der Waals surface area contributed by atoms with Crippen LogP contribution in [0.2, 0.25) is 0 Å². The SMILES string of the molecule is CN[C@H]1CC(C)[C@@H](C(=O)N2C[C@@H](C)[C@@H]3CCN(CCc4ccccc4)C(=O)[C@@H]32)NC1=O. The molecule has 3 saturated heterocycles. The van der Waals surface area contributed by atoms with Gasteiger partial charge in [0.25, 0.3) is 0 Å². The zero-order valence-corrected chi connectivity index (χ0v) is 18.7. The Morgan fingerprint density at radius 3 is 2.61 bits per heavy atom. The lowest BCUT2D eigenvalue weighted by molar-refractivity contribution is -0.150. The molecule has 0 spiro atoms. The molecule has 1 aromatic rings. The van der Waals surface area contributed by atoms with Gasteiger partial charge in [0.05, 0.1) is 6.04 Å². The topological polar surface area (TPSA) is 81.8 Å². The van der Waals surface area contributed by atoms with Crippen LogP contribution >= 0.6 is 0 Å². The van der Waals surface area contributed by atoms with Gasteiger partial charge in [0, 0.05) is 19.6 Å². The molecule has 6 atom stereocenters. The van der Waals surface area contributed by atoms with Crippen LogP contribution in [0.4, 0.5) is 0 Å². The van der Waals surface area contributed by atoms with Gasteiger partial charge in [-0.1, -0.05) is 44.2 Å². The zero-order chi connectivity index (χ0) is 22.1. The number of hydrogen-bond donors (Lipinski definition) is 2. The minimum absolute atomic E-state index is 0.0184. The number of hydrogen-bond acceptors (Lipinski definition) is 4. The molecule has 1 unspecified atom stereocenters. The molecule has 31 heavy (non-hydrogen) atoms. The van der Waals surface area contributed by atoms with E-state index in [0.29, 0.717) is 19.5 Å². The molecule has 3 heterocycles. The number of amides is 3. The van der Waals surface area contributed by atoms with Crippen LogP contribution in [0.25, 0.3) is 0 Å². The summed E-state index contributed by atoms with van der Waals surface area (Å²) in [6.45, 7) is 6.14. The van der Waals surface area contributed by atoms with Gasteiger partial charge in [-0.15, -0.1) is 0 Å². The average molecular weight is 427 g/mol. The van der Waals surface area contributed by atoms with E-state index >= 15 is 0 Å². The first-order valence-electron chi connectivity index (χ1n) is 11.5. The predicted octanol–water partition coefficient (Wildman–Crippen LogP) is 1.04. The van der Waals surface area contributed by atoms with Crippen molar-refractivity contribution < 1.29 is 14.4 Å². The molecule has 3 fully saturated rings. The molecule has 168 valence electrons. The van der Waals surface area contributed by atoms with E-state index < -0.39 is 12.1 Å². The van der Waals surface area contributed by atoms with E-state index in [1.165, 1.54) is 5.56 Å². The normalized spacial score (nSPS) is 33.3. The van der Waals surface area contributed by atoms with Crippen LogP contribution in [0, 0.1) is 17.8 Å². The highest BCUT2D eigenvalue weighted by Crippen LogP contribution is 2.37. The van der Waals surface area contributed by atoms with E-state index in [4.69, 9.17) is 0 Å². The number of nitrogens with zero attached hydrogens (tertiary/aromatic N) is 2. The van der Waals surface area contributed by atoms with E-state index in [-0.39, 0.29) is 41.5 Å².